The number of para-hydroxylation sites is 1. The van der Waals surface area contributed by atoms with Gasteiger partial charge in [0, 0.05) is 43.8 Å². The number of rotatable bonds is 6. The van der Waals surface area contributed by atoms with Gasteiger partial charge in [0.15, 0.2) is 0 Å². The van der Waals surface area contributed by atoms with Crippen LogP contribution in [0.5, 0.6) is 0 Å². The van der Waals surface area contributed by atoms with E-state index in [0.29, 0.717) is 0 Å². The third-order valence-electron chi connectivity index (χ3n) is 4.14. The molecule has 0 unspecified atom stereocenters. The number of aryl methyl sites for hydroxylation is 1. The summed E-state index contributed by atoms with van der Waals surface area (Å²) in [5.41, 5.74) is 3.29. The molecule has 3 aromatic rings. The first-order valence-electron chi connectivity index (χ1n) is 8.79. The molecule has 1 N–H and O–H groups in total. The molecule has 0 saturated carbocycles. The maximum Gasteiger partial charge on any atom is 0.138 e. The maximum absolute atomic E-state index is 4.63. The quantitative estimate of drug-likeness (QED) is 0.697. The van der Waals surface area contributed by atoms with Crippen molar-refractivity contribution in [1.29, 1.82) is 0 Å². The van der Waals surface area contributed by atoms with Crippen molar-refractivity contribution >= 4 is 28.7 Å². The van der Waals surface area contributed by atoms with E-state index in [1.54, 1.807) is 0 Å². The Balaban J connectivity index is 1.87. The van der Waals surface area contributed by atoms with Crippen molar-refractivity contribution in [2.45, 2.75) is 13.8 Å². The number of hydrogen-bond donors (Lipinski definition) is 1. The Bertz CT molecular complexity index is 844. The summed E-state index contributed by atoms with van der Waals surface area (Å²) in [4.78, 5) is 13.4. The summed E-state index contributed by atoms with van der Waals surface area (Å²) in [6, 6.07) is 20.6. The van der Waals surface area contributed by atoms with Gasteiger partial charge < -0.3 is 15.1 Å². The van der Waals surface area contributed by atoms with Crippen LogP contribution in [0.4, 0.5) is 28.7 Å². The number of aromatic nitrogens is 2. The SMILES string of the molecule is CCN(c1ccccc1)c1cc(Nc2ccc(N(C)C)cc2)nc(C)n1. The minimum absolute atomic E-state index is 0.740. The average Bonchev–Trinajstić information content (AvgIpc) is 2.63. The van der Waals surface area contributed by atoms with E-state index in [1.807, 2.05) is 45.3 Å². The van der Waals surface area contributed by atoms with Crippen LogP contribution in [-0.2, 0) is 0 Å². The van der Waals surface area contributed by atoms with Crippen LogP contribution in [0.1, 0.15) is 12.7 Å². The van der Waals surface area contributed by atoms with Gasteiger partial charge >= 0.3 is 0 Å². The fraction of sp³-hybridized carbons (Fsp3) is 0.238. The largest absolute Gasteiger partial charge is 0.378 e. The lowest BCUT2D eigenvalue weighted by Gasteiger charge is -2.23. The minimum Gasteiger partial charge on any atom is -0.378 e. The van der Waals surface area contributed by atoms with Gasteiger partial charge in [-0.2, -0.15) is 0 Å². The molecule has 26 heavy (non-hydrogen) atoms. The van der Waals surface area contributed by atoms with E-state index >= 15 is 0 Å². The highest BCUT2D eigenvalue weighted by atomic mass is 15.2. The molecule has 0 atom stereocenters. The Labute approximate surface area is 155 Å². The van der Waals surface area contributed by atoms with Crippen LogP contribution in [0, 0.1) is 6.92 Å². The zero-order chi connectivity index (χ0) is 18.5. The van der Waals surface area contributed by atoms with E-state index in [-0.39, 0.29) is 0 Å². The highest BCUT2D eigenvalue weighted by molar-refractivity contribution is 5.66. The Kier molecular flexibility index (Phi) is 5.37. The molecule has 0 aliphatic carbocycles. The smallest absolute Gasteiger partial charge is 0.138 e. The molecule has 3 rings (SSSR count). The third-order valence-corrected chi connectivity index (χ3v) is 4.14. The van der Waals surface area contributed by atoms with Crippen molar-refractivity contribution in [3.05, 3.63) is 66.5 Å². The van der Waals surface area contributed by atoms with E-state index < -0.39 is 0 Å². The highest BCUT2D eigenvalue weighted by Crippen LogP contribution is 2.26. The molecule has 134 valence electrons. The van der Waals surface area contributed by atoms with Crippen LogP contribution in [0.2, 0.25) is 0 Å². The van der Waals surface area contributed by atoms with Crippen LogP contribution in [-0.4, -0.2) is 30.6 Å². The van der Waals surface area contributed by atoms with Crippen LogP contribution < -0.4 is 15.1 Å². The van der Waals surface area contributed by atoms with Crippen molar-refractivity contribution < 1.29 is 0 Å². The third kappa shape index (κ3) is 4.11. The van der Waals surface area contributed by atoms with Gasteiger partial charge in [-0.3, -0.25) is 0 Å². The molecule has 0 spiro atoms. The fourth-order valence-corrected chi connectivity index (χ4v) is 2.83. The van der Waals surface area contributed by atoms with E-state index in [2.05, 4.69) is 68.4 Å². The molecule has 0 aliphatic rings. The molecule has 1 heterocycles. The van der Waals surface area contributed by atoms with Gasteiger partial charge in [-0.05, 0) is 50.2 Å². The van der Waals surface area contributed by atoms with Crippen molar-refractivity contribution in [2.75, 3.05) is 35.8 Å². The lowest BCUT2D eigenvalue weighted by Crippen LogP contribution is -2.18. The summed E-state index contributed by atoms with van der Waals surface area (Å²) in [6.45, 7) is 4.87. The second-order valence-electron chi connectivity index (χ2n) is 6.30. The topological polar surface area (TPSA) is 44.3 Å². The number of nitrogens with one attached hydrogen (secondary N) is 1. The summed E-state index contributed by atoms with van der Waals surface area (Å²) < 4.78 is 0. The zero-order valence-corrected chi connectivity index (χ0v) is 15.8. The van der Waals surface area contributed by atoms with Crippen LogP contribution in [0.3, 0.4) is 0 Å². The van der Waals surface area contributed by atoms with Crippen molar-refractivity contribution in [3.63, 3.8) is 0 Å². The molecule has 1 aromatic heterocycles. The fourth-order valence-electron chi connectivity index (χ4n) is 2.83. The van der Waals surface area contributed by atoms with E-state index in [0.717, 1.165) is 41.1 Å². The predicted octanol–water partition coefficient (Wildman–Crippen LogP) is 4.75. The lowest BCUT2D eigenvalue weighted by molar-refractivity contribution is 0.953. The molecule has 0 radical (unpaired) electrons. The molecule has 0 fully saturated rings. The van der Waals surface area contributed by atoms with E-state index in [1.165, 1.54) is 0 Å². The summed E-state index contributed by atoms with van der Waals surface area (Å²) in [5, 5.41) is 3.39. The Morgan fingerprint density at radius 1 is 0.885 bits per heavy atom. The Morgan fingerprint density at radius 3 is 2.19 bits per heavy atom. The molecular formula is C21H25N5. The van der Waals surface area contributed by atoms with Gasteiger partial charge in [0.1, 0.15) is 17.5 Å². The molecular weight excluding hydrogens is 322 g/mol. The lowest BCUT2D eigenvalue weighted by atomic mass is 10.2. The summed E-state index contributed by atoms with van der Waals surface area (Å²) in [7, 11) is 4.07. The number of anilines is 5. The maximum atomic E-state index is 4.63. The van der Waals surface area contributed by atoms with Crippen LogP contribution in [0.25, 0.3) is 0 Å². The summed E-state index contributed by atoms with van der Waals surface area (Å²) in [6.07, 6.45) is 0. The van der Waals surface area contributed by atoms with Crippen molar-refractivity contribution in [3.8, 4) is 0 Å². The van der Waals surface area contributed by atoms with Crippen molar-refractivity contribution in [2.24, 2.45) is 0 Å². The molecule has 0 amide bonds. The van der Waals surface area contributed by atoms with Crippen LogP contribution >= 0.6 is 0 Å². The first-order valence-corrected chi connectivity index (χ1v) is 8.79. The van der Waals surface area contributed by atoms with Gasteiger partial charge in [-0.25, -0.2) is 9.97 Å². The van der Waals surface area contributed by atoms with Gasteiger partial charge in [0.25, 0.3) is 0 Å². The summed E-state index contributed by atoms with van der Waals surface area (Å²) >= 11 is 0. The van der Waals surface area contributed by atoms with Gasteiger partial charge in [-0.15, -0.1) is 0 Å². The zero-order valence-electron chi connectivity index (χ0n) is 15.8. The molecule has 0 aliphatic heterocycles. The molecule has 0 bridgehead atoms. The number of benzene rings is 2. The minimum atomic E-state index is 0.740. The first kappa shape index (κ1) is 17.7. The molecule has 5 heteroatoms. The van der Waals surface area contributed by atoms with Crippen LogP contribution in [0.15, 0.2) is 60.7 Å². The monoisotopic (exact) mass is 347 g/mol. The van der Waals surface area contributed by atoms with E-state index in [4.69, 9.17) is 0 Å². The number of nitrogens with zero attached hydrogens (tertiary/aromatic N) is 4. The Hall–Kier alpha value is -3.08. The standard InChI is InChI=1S/C21H25N5/c1-5-26(19-9-7-6-8-10-19)21-15-20(22-16(2)23-21)24-17-11-13-18(14-12-17)25(3)4/h6-15H,5H2,1-4H3,(H,22,23,24). The summed E-state index contributed by atoms with van der Waals surface area (Å²) in [5.74, 6) is 2.42. The van der Waals surface area contributed by atoms with Gasteiger partial charge in [-0.1, -0.05) is 18.2 Å². The van der Waals surface area contributed by atoms with E-state index in [9.17, 15) is 0 Å². The second kappa shape index (κ2) is 7.87. The average molecular weight is 347 g/mol. The predicted molar refractivity (Wildman–Crippen MR) is 110 cm³/mol. The van der Waals surface area contributed by atoms with Gasteiger partial charge in [0.05, 0.1) is 0 Å². The first-order chi connectivity index (χ1) is 12.6. The highest BCUT2D eigenvalue weighted by Gasteiger charge is 2.11. The van der Waals surface area contributed by atoms with Gasteiger partial charge in [0.2, 0.25) is 0 Å². The number of hydrogen-bond acceptors (Lipinski definition) is 5. The molecule has 0 saturated heterocycles. The second-order valence-corrected chi connectivity index (χ2v) is 6.30. The molecule has 5 nitrogen and oxygen atoms in total. The Morgan fingerprint density at radius 2 is 1.58 bits per heavy atom. The van der Waals surface area contributed by atoms with Crippen molar-refractivity contribution in [1.82, 2.24) is 9.97 Å². The molecule has 2 aromatic carbocycles. The normalized spacial score (nSPS) is 10.5.